The molecule has 31 heavy (non-hydrogen) atoms. The zero-order valence-corrected chi connectivity index (χ0v) is 16.9. The SMILES string of the molecule is CC(C)(C)OC(=O)NCCc1nc2ccc(F)c(F)c2c(=O)n1-c1cc(F)cc(F)c1. The molecule has 0 saturated heterocycles. The first kappa shape index (κ1) is 22.3. The molecule has 3 aromatic rings. The van der Waals surface area contributed by atoms with E-state index in [0.29, 0.717) is 6.07 Å². The molecule has 3 rings (SSSR count). The highest BCUT2D eigenvalue weighted by Crippen LogP contribution is 2.19. The maximum Gasteiger partial charge on any atom is 0.407 e. The average molecular weight is 437 g/mol. The lowest BCUT2D eigenvalue weighted by Crippen LogP contribution is -2.34. The van der Waals surface area contributed by atoms with Gasteiger partial charge in [-0.25, -0.2) is 27.3 Å². The van der Waals surface area contributed by atoms with Crippen molar-refractivity contribution in [2.45, 2.75) is 32.8 Å². The van der Waals surface area contributed by atoms with E-state index in [4.69, 9.17) is 4.74 Å². The summed E-state index contributed by atoms with van der Waals surface area (Å²) in [5, 5.41) is 1.82. The number of carbonyl (C=O) groups is 1. The van der Waals surface area contributed by atoms with Crippen LogP contribution in [-0.2, 0) is 11.2 Å². The van der Waals surface area contributed by atoms with Crippen molar-refractivity contribution in [1.29, 1.82) is 0 Å². The Balaban J connectivity index is 2.08. The Labute approximate surface area is 174 Å². The van der Waals surface area contributed by atoms with E-state index in [9.17, 15) is 27.2 Å². The maximum atomic E-state index is 14.3. The third-order valence-corrected chi connectivity index (χ3v) is 4.12. The number of nitrogens with one attached hydrogen (secondary N) is 1. The minimum absolute atomic E-state index is 0.0235. The molecule has 0 saturated carbocycles. The van der Waals surface area contributed by atoms with Crippen LogP contribution in [0.2, 0.25) is 0 Å². The fourth-order valence-electron chi connectivity index (χ4n) is 2.95. The van der Waals surface area contributed by atoms with Gasteiger partial charge in [0.25, 0.3) is 5.56 Å². The van der Waals surface area contributed by atoms with Gasteiger partial charge in [-0.2, -0.15) is 0 Å². The molecule has 2 aromatic carbocycles. The summed E-state index contributed by atoms with van der Waals surface area (Å²) in [6.45, 7) is 5.00. The molecule has 1 aromatic heterocycles. The Bertz CT molecular complexity index is 1200. The van der Waals surface area contributed by atoms with Crippen LogP contribution in [0.15, 0.2) is 35.1 Å². The molecule has 1 N–H and O–H groups in total. The number of amides is 1. The van der Waals surface area contributed by atoms with Crippen LogP contribution in [0.1, 0.15) is 26.6 Å². The first-order valence-electron chi connectivity index (χ1n) is 9.29. The van der Waals surface area contributed by atoms with E-state index in [1.54, 1.807) is 20.8 Å². The Hall–Kier alpha value is -3.43. The fourth-order valence-corrected chi connectivity index (χ4v) is 2.95. The van der Waals surface area contributed by atoms with E-state index in [1.807, 2.05) is 0 Å². The van der Waals surface area contributed by atoms with Gasteiger partial charge in [0.2, 0.25) is 0 Å². The van der Waals surface area contributed by atoms with Gasteiger partial charge in [0.1, 0.15) is 28.4 Å². The van der Waals surface area contributed by atoms with Crippen molar-refractivity contribution >= 4 is 17.0 Å². The van der Waals surface area contributed by atoms with Gasteiger partial charge in [-0.05, 0) is 45.0 Å². The number of halogens is 4. The van der Waals surface area contributed by atoms with Gasteiger partial charge in [-0.3, -0.25) is 9.36 Å². The molecular weight excluding hydrogens is 418 g/mol. The van der Waals surface area contributed by atoms with Gasteiger partial charge >= 0.3 is 6.09 Å². The van der Waals surface area contributed by atoms with E-state index in [-0.39, 0.29) is 30.0 Å². The molecule has 164 valence electrons. The van der Waals surface area contributed by atoms with Crippen LogP contribution >= 0.6 is 0 Å². The zero-order chi connectivity index (χ0) is 22.9. The van der Waals surface area contributed by atoms with E-state index in [1.165, 1.54) is 0 Å². The second kappa shape index (κ2) is 8.37. The number of alkyl carbamates (subject to hydrolysis) is 1. The molecule has 0 radical (unpaired) electrons. The third kappa shape index (κ3) is 5.01. The second-order valence-electron chi connectivity index (χ2n) is 7.73. The second-order valence-corrected chi connectivity index (χ2v) is 7.73. The molecular formula is C21H19F4N3O3. The molecule has 0 unspecified atom stereocenters. The highest BCUT2D eigenvalue weighted by atomic mass is 19.2. The summed E-state index contributed by atoms with van der Waals surface area (Å²) in [7, 11) is 0. The van der Waals surface area contributed by atoms with E-state index < -0.39 is 45.9 Å². The van der Waals surface area contributed by atoms with Gasteiger partial charge in [-0.15, -0.1) is 0 Å². The summed E-state index contributed by atoms with van der Waals surface area (Å²) < 4.78 is 61.4. The Kier molecular flexibility index (Phi) is 6.01. The van der Waals surface area contributed by atoms with E-state index in [0.717, 1.165) is 28.8 Å². The van der Waals surface area contributed by atoms with Crippen molar-refractivity contribution in [2.75, 3.05) is 6.54 Å². The van der Waals surface area contributed by atoms with Crippen LogP contribution in [0.4, 0.5) is 22.4 Å². The topological polar surface area (TPSA) is 73.2 Å². The van der Waals surface area contributed by atoms with Gasteiger partial charge < -0.3 is 10.1 Å². The van der Waals surface area contributed by atoms with Crippen molar-refractivity contribution in [1.82, 2.24) is 14.9 Å². The van der Waals surface area contributed by atoms with E-state index in [2.05, 4.69) is 10.3 Å². The van der Waals surface area contributed by atoms with Crippen molar-refractivity contribution in [3.8, 4) is 5.69 Å². The van der Waals surface area contributed by atoms with Crippen LogP contribution < -0.4 is 10.9 Å². The number of benzene rings is 2. The smallest absolute Gasteiger partial charge is 0.407 e. The van der Waals surface area contributed by atoms with Crippen LogP contribution in [0.5, 0.6) is 0 Å². The minimum Gasteiger partial charge on any atom is -0.444 e. The third-order valence-electron chi connectivity index (χ3n) is 4.12. The molecule has 0 atom stereocenters. The highest BCUT2D eigenvalue weighted by molar-refractivity contribution is 5.79. The van der Waals surface area contributed by atoms with Gasteiger partial charge in [-0.1, -0.05) is 0 Å². The molecule has 10 heteroatoms. The maximum absolute atomic E-state index is 14.3. The predicted octanol–water partition coefficient (Wildman–Crippen LogP) is 4.01. The van der Waals surface area contributed by atoms with Gasteiger partial charge in [0.05, 0.1) is 11.2 Å². The number of ether oxygens (including phenoxy) is 1. The molecule has 0 bridgehead atoms. The van der Waals surface area contributed by atoms with Crippen molar-refractivity contribution in [3.63, 3.8) is 0 Å². The van der Waals surface area contributed by atoms with Gasteiger partial charge in [0, 0.05) is 19.0 Å². The first-order chi connectivity index (χ1) is 14.5. The molecule has 0 spiro atoms. The normalized spacial score (nSPS) is 11.6. The number of aromatic nitrogens is 2. The summed E-state index contributed by atoms with van der Waals surface area (Å²) >= 11 is 0. The van der Waals surface area contributed by atoms with Crippen LogP contribution in [0, 0.1) is 23.3 Å². The average Bonchev–Trinajstić information content (AvgIpc) is 2.62. The lowest BCUT2D eigenvalue weighted by molar-refractivity contribution is 0.0528. The van der Waals surface area contributed by atoms with Gasteiger partial charge in [0.15, 0.2) is 11.6 Å². The standard InChI is InChI=1S/C21H19F4N3O3/c1-21(2,3)31-20(30)26-7-6-16-27-15-5-4-14(24)18(25)17(15)19(29)28(16)13-9-11(22)8-12(23)10-13/h4-5,8-10H,6-7H2,1-3H3,(H,26,30). The largest absolute Gasteiger partial charge is 0.444 e. The Morgan fingerprint density at radius 3 is 2.35 bits per heavy atom. The van der Waals surface area contributed by atoms with Crippen LogP contribution in [0.25, 0.3) is 16.6 Å². The van der Waals surface area contributed by atoms with Crippen molar-refractivity contribution in [2.24, 2.45) is 0 Å². The highest BCUT2D eigenvalue weighted by Gasteiger charge is 2.20. The number of carbonyl (C=O) groups excluding carboxylic acids is 1. The van der Waals surface area contributed by atoms with Crippen LogP contribution in [-0.4, -0.2) is 27.8 Å². The minimum atomic E-state index is -1.42. The van der Waals surface area contributed by atoms with E-state index >= 15 is 0 Å². The summed E-state index contributed by atoms with van der Waals surface area (Å²) in [5.41, 5.74) is -2.16. The quantitative estimate of drug-likeness (QED) is 0.626. The molecule has 0 aliphatic rings. The molecule has 0 aliphatic carbocycles. The number of hydrogen-bond acceptors (Lipinski definition) is 4. The fraction of sp³-hybridized carbons (Fsp3) is 0.286. The van der Waals surface area contributed by atoms with Crippen LogP contribution in [0.3, 0.4) is 0 Å². The lowest BCUT2D eigenvalue weighted by atomic mass is 10.2. The summed E-state index contributed by atoms with van der Waals surface area (Å²) in [6, 6.07) is 4.27. The number of hydrogen-bond donors (Lipinski definition) is 1. The Morgan fingerprint density at radius 2 is 1.74 bits per heavy atom. The summed E-state index contributed by atoms with van der Waals surface area (Å²) in [4.78, 5) is 29.0. The number of nitrogens with zero attached hydrogens (tertiary/aromatic N) is 2. The number of rotatable bonds is 4. The molecule has 0 fully saturated rings. The Morgan fingerprint density at radius 1 is 1.10 bits per heavy atom. The molecule has 1 heterocycles. The monoisotopic (exact) mass is 437 g/mol. The molecule has 1 amide bonds. The summed E-state index contributed by atoms with van der Waals surface area (Å²) in [6.07, 6.45) is -0.784. The molecule has 0 aliphatic heterocycles. The summed E-state index contributed by atoms with van der Waals surface area (Å²) in [5.74, 6) is -4.65. The molecule has 6 nitrogen and oxygen atoms in total. The zero-order valence-electron chi connectivity index (χ0n) is 16.9. The first-order valence-corrected chi connectivity index (χ1v) is 9.29. The number of fused-ring (bicyclic) bond motifs is 1. The van der Waals surface area contributed by atoms with Crippen molar-refractivity contribution in [3.05, 3.63) is 69.8 Å². The predicted molar refractivity (Wildman–Crippen MR) is 105 cm³/mol. The lowest BCUT2D eigenvalue weighted by Gasteiger charge is -2.20. The van der Waals surface area contributed by atoms with Crippen molar-refractivity contribution < 1.29 is 27.1 Å².